The van der Waals surface area contributed by atoms with E-state index in [9.17, 15) is 4.79 Å². The Balaban J connectivity index is 1.75. The fourth-order valence-corrected chi connectivity index (χ4v) is 2.28. The molecule has 20 heavy (non-hydrogen) atoms. The number of rotatable bonds is 3. The Morgan fingerprint density at radius 1 is 1.50 bits per heavy atom. The van der Waals surface area contributed by atoms with Gasteiger partial charge in [0.2, 0.25) is 0 Å². The molecule has 1 aliphatic rings. The summed E-state index contributed by atoms with van der Waals surface area (Å²) in [7, 11) is 0. The minimum Gasteiger partial charge on any atom is -0.481 e. The van der Waals surface area contributed by atoms with E-state index in [1.54, 1.807) is 13.1 Å². The Morgan fingerprint density at radius 3 is 2.90 bits per heavy atom. The molecule has 7 heteroatoms. The van der Waals surface area contributed by atoms with E-state index in [1.165, 1.54) is 0 Å². The molecule has 1 atom stereocenters. The molecule has 0 aromatic carbocycles. The van der Waals surface area contributed by atoms with E-state index in [0.717, 1.165) is 11.4 Å². The number of aromatic nitrogens is 3. The second-order valence-corrected chi connectivity index (χ2v) is 4.82. The molecule has 1 unspecified atom stereocenters. The summed E-state index contributed by atoms with van der Waals surface area (Å²) >= 11 is 0. The summed E-state index contributed by atoms with van der Waals surface area (Å²) < 4.78 is 5.07. The first-order chi connectivity index (χ1) is 9.63. The highest BCUT2D eigenvalue weighted by molar-refractivity contribution is 5.72. The van der Waals surface area contributed by atoms with Gasteiger partial charge in [-0.15, -0.1) is 0 Å². The van der Waals surface area contributed by atoms with Crippen molar-refractivity contribution in [3.05, 3.63) is 24.2 Å². The number of aryl methyl sites for hydroxylation is 1. The lowest BCUT2D eigenvalue weighted by Crippen LogP contribution is -2.23. The first kappa shape index (κ1) is 12.6. The molecule has 3 rings (SSSR count). The van der Waals surface area contributed by atoms with Crippen molar-refractivity contribution in [1.82, 2.24) is 15.1 Å². The van der Waals surface area contributed by atoms with Gasteiger partial charge in [0.15, 0.2) is 5.82 Å². The van der Waals surface area contributed by atoms with Crippen LogP contribution in [0.5, 0.6) is 0 Å². The normalized spacial score (nSPS) is 18.4. The molecule has 1 fully saturated rings. The maximum atomic E-state index is 10.9. The molecule has 0 amide bonds. The van der Waals surface area contributed by atoms with Gasteiger partial charge in [0.1, 0.15) is 5.82 Å². The van der Waals surface area contributed by atoms with Gasteiger partial charge in [-0.3, -0.25) is 4.79 Å². The zero-order valence-corrected chi connectivity index (χ0v) is 11.0. The van der Waals surface area contributed by atoms with Gasteiger partial charge in [-0.1, -0.05) is 5.16 Å². The highest BCUT2D eigenvalue weighted by atomic mass is 16.5. The lowest BCUT2D eigenvalue weighted by atomic mass is 10.1. The van der Waals surface area contributed by atoms with Crippen LogP contribution in [0.1, 0.15) is 12.2 Å². The number of nitrogens with zero attached hydrogens (tertiary/aromatic N) is 4. The zero-order valence-electron chi connectivity index (χ0n) is 11.0. The van der Waals surface area contributed by atoms with Crippen LogP contribution < -0.4 is 4.90 Å². The number of carboxylic acid groups (broad SMARTS) is 1. The molecular weight excluding hydrogens is 260 g/mol. The highest BCUT2D eigenvalue weighted by Gasteiger charge is 2.28. The fraction of sp³-hybridized carbons (Fsp3) is 0.385. The Kier molecular flexibility index (Phi) is 3.09. The molecule has 3 heterocycles. The van der Waals surface area contributed by atoms with Crippen LogP contribution >= 0.6 is 0 Å². The average Bonchev–Trinajstić information content (AvgIpc) is 3.08. The number of aliphatic carboxylic acids is 1. The van der Waals surface area contributed by atoms with Gasteiger partial charge in [-0.25, -0.2) is 4.98 Å². The second-order valence-electron chi connectivity index (χ2n) is 4.82. The first-order valence-corrected chi connectivity index (χ1v) is 6.38. The third kappa shape index (κ3) is 2.34. The van der Waals surface area contributed by atoms with Crippen molar-refractivity contribution >= 4 is 11.8 Å². The quantitative estimate of drug-likeness (QED) is 0.903. The van der Waals surface area contributed by atoms with Crippen molar-refractivity contribution in [1.29, 1.82) is 0 Å². The van der Waals surface area contributed by atoms with E-state index < -0.39 is 5.97 Å². The van der Waals surface area contributed by atoms with Gasteiger partial charge in [0.25, 0.3) is 5.89 Å². The van der Waals surface area contributed by atoms with E-state index in [2.05, 4.69) is 15.1 Å². The molecule has 0 radical (unpaired) electrons. The van der Waals surface area contributed by atoms with Crippen molar-refractivity contribution < 1.29 is 14.4 Å². The molecule has 0 aliphatic carbocycles. The van der Waals surface area contributed by atoms with Crippen molar-refractivity contribution in [3.8, 4) is 11.5 Å². The topological polar surface area (TPSA) is 92.4 Å². The molecule has 104 valence electrons. The Hall–Kier alpha value is -2.44. The van der Waals surface area contributed by atoms with Crippen molar-refractivity contribution in [2.45, 2.75) is 13.3 Å². The Bertz CT molecular complexity index is 623. The maximum Gasteiger partial charge on any atom is 0.308 e. The SMILES string of the molecule is Cc1noc(-c2ccc(N3CCC(C(=O)O)C3)nc2)n1. The third-order valence-corrected chi connectivity index (χ3v) is 3.38. The molecule has 2 aromatic heterocycles. The predicted molar refractivity (Wildman–Crippen MR) is 70.2 cm³/mol. The van der Waals surface area contributed by atoms with E-state index in [1.807, 2.05) is 17.0 Å². The van der Waals surface area contributed by atoms with Crippen LogP contribution in [-0.2, 0) is 4.79 Å². The third-order valence-electron chi connectivity index (χ3n) is 3.38. The van der Waals surface area contributed by atoms with E-state index in [-0.39, 0.29) is 5.92 Å². The first-order valence-electron chi connectivity index (χ1n) is 6.38. The van der Waals surface area contributed by atoms with Gasteiger partial charge in [-0.2, -0.15) is 4.98 Å². The minimum absolute atomic E-state index is 0.310. The molecule has 0 bridgehead atoms. The zero-order chi connectivity index (χ0) is 14.1. The standard InChI is InChI=1S/C13H14N4O3/c1-8-15-12(20-16-8)9-2-3-11(14-6-9)17-5-4-10(7-17)13(18)19/h2-3,6,10H,4-5,7H2,1H3,(H,18,19). The van der Waals surface area contributed by atoms with Crippen LogP contribution in [0, 0.1) is 12.8 Å². The van der Waals surface area contributed by atoms with Crippen LogP contribution in [0.3, 0.4) is 0 Å². The van der Waals surface area contributed by atoms with Crippen molar-refractivity contribution in [2.75, 3.05) is 18.0 Å². The lowest BCUT2D eigenvalue weighted by molar-refractivity contribution is -0.140. The van der Waals surface area contributed by atoms with Crippen molar-refractivity contribution in [2.24, 2.45) is 5.92 Å². The number of pyridine rings is 1. The molecule has 1 aliphatic heterocycles. The van der Waals surface area contributed by atoms with Crippen molar-refractivity contribution in [3.63, 3.8) is 0 Å². The van der Waals surface area contributed by atoms with Gasteiger partial charge in [0.05, 0.1) is 11.5 Å². The monoisotopic (exact) mass is 274 g/mol. The van der Waals surface area contributed by atoms with Crippen LogP contribution in [0.15, 0.2) is 22.9 Å². The van der Waals surface area contributed by atoms with Crippen LogP contribution in [0.4, 0.5) is 5.82 Å². The van der Waals surface area contributed by atoms with Gasteiger partial charge < -0.3 is 14.5 Å². The molecule has 1 saturated heterocycles. The molecule has 7 nitrogen and oxygen atoms in total. The predicted octanol–water partition coefficient (Wildman–Crippen LogP) is 1.35. The van der Waals surface area contributed by atoms with E-state index in [4.69, 9.17) is 9.63 Å². The second kappa shape index (κ2) is 4.92. The summed E-state index contributed by atoms with van der Waals surface area (Å²) in [5.41, 5.74) is 0.753. The molecular formula is C13H14N4O3. The average molecular weight is 274 g/mol. The lowest BCUT2D eigenvalue weighted by Gasteiger charge is -2.16. The van der Waals surface area contributed by atoms with Gasteiger partial charge in [0, 0.05) is 19.3 Å². The minimum atomic E-state index is -0.745. The fourth-order valence-electron chi connectivity index (χ4n) is 2.28. The molecule has 0 spiro atoms. The molecule has 0 saturated carbocycles. The van der Waals surface area contributed by atoms with Gasteiger partial charge in [-0.05, 0) is 25.5 Å². The summed E-state index contributed by atoms with van der Waals surface area (Å²) in [6.07, 6.45) is 2.32. The Labute approximate surface area is 115 Å². The van der Waals surface area contributed by atoms with Crippen LogP contribution in [-0.4, -0.2) is 39.3 Å². The van der Waals surface area contributed by atoms with Crippen LogP contribution in [0.2, 0.25) is 0 Å². The largest absolute Gasteiger partial charge is 0.481 e. The summed E-state index contributed by atoms with van der Waals surface area (Å²) in [5, 5.41) is 12.7. The number of hydrogen-bond acceptors (Lipinski definition) is 6. The van der Waals surface area contributed by atoms with Gasteiger partial charge >= 0.3 is 5.97 Å². The molecule has 2 aromatic rings. The smallest absolute Gasteiger partial charge is 0.308 e. The Morgan fingerprint density at radius 2 is 2.35 bits per heavy atom. The highest BCUT2D eigenvalue weighted by Crippen LogP contribution is 2.24. The van der Waals surface area contributed by atoms with Crippen LogP contribution in [0.25, 0.3) is 11.5 Å². The summed E-state index contributed by atoms with van der Waals surface area (Å²) in [4.78, 5) is 21.4. The number of carboxylic acids is 1. The summed E-state index contributed by atoms with van der Waals surface area (Å²) in [6.45, 7) is 2.97. The number of anilines is 1. The number of hydrogen-bond donors (Lipinski definition) is 1. The number of carbonyl (C=O) groups is 1. The summed E-state index contributed by atoms with van der Waals surface area (Å²) in [5.74, 6) is 0.730. The van der Waals surface area contributed by atoms with E-state index in [0.29, 0.717) is 31.2 Å². The summed E-state index contributed by atoms with van der Waals surface area (Å²) in [6, 6.07) is 3.70. The van der Waals surface area contributed by atoms with E-state index >= 15 is 0 Å². The maximum absolute atomic E-state index is 10.9. The molecule has 1 N–H and O–H groups in total.